The van der Waals surface area contributed by atoms with Gasteiger partial charge in [-0.3, -0.25) is 19.6 Å². The maximum atomic E-state index is 12.4. The summed E-state index contributed by atoms with van der Waals surface area (Å²) in [6, 6.07) is -2.15. The van der Waals surface area contributed by atoms with E-state index in [0.717, 1.165) is 0 Å². The first-order valence-corrected chi connectivity index (χ1v) is 9.54. The molecule has 146 valence electrons. The van der Waals surface area contributed by atoms with E-state index in [1.807, 2.05) is 4.90 Å². The number of nitrogens with one attached hydrogen (secondary N) is 2. The molecule has 0 aliphatic carbocycles. The number of hydrogen-bond donors (Lipinski definition) is 3. The van der Waals surface area contributed by atoms with Gasteiger partial charge in [-0.15, -0.1) is 4.28 Å². The molecule has 0 aromatic heterocycles. The first-order chi connectivity index (χ1) is 12.2. The van der Waals surface area contributed by atoms with Crippen LogP contribution in [0.1, 0.15) is 26.2 Å². The van der Waals surface area contributed by atoms with E-state index in [1.54, 1.807) is 6.92 Å². The smallest absolute Gasteiger partial charge is 0.358 e. The van der Waals surface area contributed by atoms with Gasteiger partial charge in [-0.05, 0) is 26.2 Å². The number of amides is 3. The molecule has 3 aliphatic heterocycles. The molecule has 3 N–H and O–H groups in total. The van der Waals surface area contributed by atoms with E-state index in [-0.39, 0.29) is 12.6 Å². The number of likely N-dealkylation sites (tertiary alicyclic amines) is 1. The van der Waals surface area contributed by atoms with Crippen molar-refractivity contribution in [3.8, 4) is 0 Å². The zero-order valence-corrected chi connectivity index (χ0v) is 14.9. The maximum absolute atomic E-state index is 12.4. The minimum absolute atomic E-state index is 0.122. The average Bonchev–Trinajstić information content (AvgIpc) is 3.12. The van der Waals surface area contributed by atoms with Crippen LogP contribution in [0.15, 0.2) is 0 Å². The van der Waals surface area contributed by atoms with Crippen LogP contribution in [0.3, 0.4) is 0 Å². The lowest BCUT2D eigenvalue weighted by Crippen LogP contribution is -2.50. The van der Waals surface area contributed by atoms with Crippen LogP contribution in [0, 0.1) is 5.41 Å². The molecule has 3 heterocycles. The van der Waals surface area contributed by atoms with Gasteiger partial charge in [0.05, 0.1) is 11.9 Å². The van der Waals surface area contributed by atoms with Crippen molar-refractivity contribution >= 4 is 28.2 Å². The van der Waals surface area contributed by atoms with E-state index < -0.39 is 34.4 Å². The Morgan fingerprint density at radius 3 is 2.65 bits per heavy atom. The number of carbonyl (C=O) groups is 2. The summed E-state index contributed by atoms with van der Waals surface area (Å²) in [7, 11) is -4.82. The van der Waals surface area contributed by atoms with Crippen LogP contribution in [-0.4, -0.2) is 83.4 Å². The van der Waals surface area contributed by atoms with E-state index in [4.69, 9.17) is 14.8 Å². The molecule has 26 heavy (non-hydrogen) atoms. The van der Waals surface area contributed by atoms with Crippen molar-refractivity contribution in [2.45, 2.75) is 44.4 Å². The molecule has 3 saturated heterocycles. The molecule has 0 radical (unpaired) electrons. The van der Waals surface area contributed by atoms with Crippen molar-refractivity contribution in [2.24, 2.45) is 0 Å². The molecule has 13 heteroatoms. The third kappa shape index (κ3) is 3.90. The summed E-state index contributed by atoms with van der Waals surface area (Å²) in [6.07, 6.45) is 1.08. The summed E-state index contributed by atoms with van der Waals surface area (Å²) in [6.45, 7) is 2.98. The second kappa shape index (κ2) is 6.98. The Hall–Kier alpha value is -1.96. The SMILES string of the molecule is CC(=N)N1CCC(ONC(=O)[C@@H]2CCC3CN2C(=O)N3OS(=O)(=O)O)C1. The highest BCUT2D eigenvalue weighted by atomic mass is 32.3. The molecular formula is C13H21N5O7S. The second-order valence-electron chi connectivity index (χ2n) is 6.54. The minimum Gasteiger partial charge on any atom is -0.358 e. The zero-order chi connectivity index (χ0) is 19.1. The highest BCUT2D eigenvalue weighted by molar-refractivity contribution is 7.80. The lowest BCUT2D eigenvalue weighted by atomic mass is 10.0. The quantitative estimate of drug-likeness (QED) is 0.236. The van der Waals surface area contributed by atoms with Gasteiger partial charge in [0.2, 0.25) is 0 Å². The number of piperidine rings is 1. The molecule has 3 aliphatic rings. The third-order valence-electron chi connectivity index (χ3n) is 4.75. The fourth-order valence-corrected chi connectivity index (χ4v) is 3.83. The van der Waals surface area contributed by atoms with Gasteiger partial charge in [0.25, 0.3) is 5.91 Å². The Kier molecular flexibility index (Phi) is 5.05. The fraction of sp³-hybridized carbons (Fsp3) is 0.769. The first-order valence-electron chi connectivity index (χ1n) is 8.18. The zero-order valence-electron chi connectivity index (χ0n) is 14.1. The van der Waals surface area contributed by atoms with Crippen LogP contribution in [0.5, 0.6) is 0 Å². The highest BCUT2D eigenvalue weighted by Gasteiger charge is 2.49. The molecule has 2 unspecified atom stereocenters. The van der Waals surface area contributed by atoms with Crippen molar-refractivity contribution in [3.05, 3.63) is 0 Å². The molecule has 0 aromatic rings. The number of carbonyl (C=O) groups excluding carboxylic acids is 2. The van der Waals surface area contributed by atoms with Gasteiger partial charge in [0, 0.05) is 19.6 Å². The van der Waals surface area contributed by atoms with E-state index >= 15 is 0 Å². The molecule has 3 rings (SSSR count). The van der Waals surface area contributed by atoms with Crippen molar-refractivity contribution in [1.29, 1.82) is 5.41 Å². The van der Waals surface area contributed by atoms with Crippen molar-refractivity contribution in [2.75, 3.05) is 19.6 Å². The van der Waals surface area contributed by atoms with Crippen molar-refractivity contribution in [1.82, 2.24) is 20.3 Å². The van der Waals surface area contributed by atoms with Crippen LogP contribution in [0.4, 0.5) is 4.79 Å². The van der Waals surface area contributed by atoms with Crippen LogP contribution < -0.4 is 5.48 Å². The normalized spacial score (nSPS) is 28.6. The van der Waals surface area contributed by atoms with Crippen LogP contribution in [-0.2, 0) is 24.3 Å². The number of rotatable bonds is 5. The standard InChI is InChI=1S/C13H21N5O7S/c1-8(14)16-5-4-10(7-16)24-15-12(19)11-3-2-9-6-17(11)13(20)18(9)25-26(21,22)23/h9-11,14H,2-7H2,1H3,(H,15,19)(H,21,22,23)/t9?,10?,11-/m0/s1. The molecule has 12 nitrogen and oxygen atoms in total. The predicted octanol–water partition coefficient (Wildman–Crippen LogP) is -0.891. The summed E-state index contributed by atoms with van der Waals surface area (Å²) >= 11 is 0. The lowest BCUT2D eigenvalue weighted by molar-refractivity contribution is -0.143. The molecule has 3 atom stereocenters. The van der Waals surface area contributed by atoms with Gasteiger partial charge in [-0.25, -0.2) is 10.3 Å². The second-order valence-corrected chi connectivity index (χ2v) is 7.54. The van der Waals surface area contributed by atoms with E-state index in [9.17, 15) is 18.0 Å². The number of urea groups is 1. The molecular weight excluding hydrogens is 370 g/mol. The largest absolute Gasteiger partial charge is 0.418 e. The van der Waals surface area contributed by atoms with E-state index in [1.165, 1.54) is 4.90 Å². The summed E-state index contributed by atoms with van der Waals surface area (Å²) < 4.78 is 34.8. The minimum atomic E-state index is -4.82. The molecule has 0 saturated carbocycles. The fourth-order valence-electron chi connectivity index (χ4n) is 3.44. The summed E-state index contributed by atoms with van der Waals surface area (Å²) in [4.78, 5) is 33.1. The first kappa shape index (κ1) is 18.8. The number of nitrogens with zero attached hydrogens (tertiary/aromatic N) is 3. The van der Waals surface area contributed by atoms with Crippen LogP contribution in [0.25, 0.3) is 0 Å². The average molecular weight is 391 g/mol. The summed E-state index contributed by atoms with van der Waals surface area (Å²) in [5, 5.41) is 8.17. The highest BCUT2D eigenvalue weighted by Crippen LogP contribution is 2.30. The molecule has 2 bridgehead atoms. The Balaban J connectivity index is 1.55. The predicted molar refractivity (Wildman–Crippen MR) is 86.0 cm³/mol. The maximum Gasteiger partial charge on any atom is 0.418 e. The van der Waals surface area contributed by atoms with Gasteiger partial charge >= 0.3 is 16.4 Å². The topological polar surface area (TPSA) is 153 Å². The molecule has 0 spiro atoms. The van der Waals surface area contributed by atoms with Crippen molar-refractivity contribution < 1.29 is 31.7 Å². The third-order valence-corrected chi connectivity index (χ3v) is 5.09. The van der Waals surface area contributed by atoms with Crippen molar-refractivity contribution in [3.63, 3.8) is 0 Å². The van der Waals surface area contributed by atoms with Gasteiger partial charge in [-0.1, -0.05) is 0 Å². The molecule has 3 amide bonds. The number of hydrogen-bond acceptors (Lipinski definition) is 7. The lowest BCUT2D eigenvalue weighted by Gasteiger charge is -2.29. The Labute approximate surface area is 150 Å². The van der Waals surface area contributed by atoms with Gasteiger partial charge in [0.15, 0.2) is 0 Å². The summed E-state index contributed by atoms with van der Waals surface area (Å²) in [5.41, 5.74) is 2.36. The van der Waals surface area contributed by atoms with Crippen LogP contribution >= 0.6 is 0 Å². The summed E-state index contributed by atoms with van der Waals surface area (Å²) in [5.74, 6) is -0.0714. The molecule has 3 fully saturated rings. The number of fused-ring (bicyclic) bond motifs is 2. The number of hydroxylamine groups is 3. The van der Waals surface area contributed by atoms with Gasteiger partial charge in [0.1, 0.15) is 12.1 Å². The van der Waals surface area contributed by atoms with Crippen LogP contribution in [0.2, 0.25) is 0 Å². The van der Waals surface area contributed by atoms with E-state index in [0.29, 0.717) is 43.3 Å². The van der Waals surface area contributed by atoms with E-state index in [2.05, 4.69) is 9.76 Å². The number of amidine groups is 1. The van der Waals surface area contributed by atoms with Gasteiger partial charge < -0.3 is 9.80 Å². The van der Waals surface area contributed by atoms with Gasteiger partial charge in [-0.2, -0.15) is 13.5 Å². The Morgan fingerprint density at radius 2 is 2.04 bits per heavy atom. The Morgan fingerprint density at radius 1 is 1.31 bits per heavy atom. The molecule has 0 aromatic carbocycles. The monoisotopic (exact) mass is 391 g/mol. The Bertz CT molecular complexity index is 714.